The van der Waals surface area contributed by atoms with Crippen molar-refractivity contribution in [3.05, 3.63) is 58.7 Å². The van der Waals surface area contributed by atoms with E-state index in [0.29, 0.717) is 44.4 Å². The van der Waals surface area contributed by atoms with Gasteiger partial charge >= 0.3 is 12.6 Å². The Bertz CT molecular complexity index is 1810. The third kappa shape index (κ3) is 6.93. The summed E-state index contributed by atoms with van der Waals surface area (Å²) in [5, 5.41) is 26.9. The Morgan fingerprint density at radius 3 is 2.51 bits per heavy atom. The van der Waals surface area contributed by atoms with Gasteiger partial charge in [-0.1, -0.05) is 23.7 Å². The zero-order chi connectivity index (χ0) is 33.2. The van der Waals surface area contributed by atoms with Gasteiger partial charge in [0.1, 0.15) is 29.2 Å². The molecule has 6 rings (SSSR count). The summed E-state index contributed by atoms with van der Waals surface area (Å²) in [4.78, 5) is 26.7. The molecule has 0 unspecified atom stereocenters. The van der Waals surface area contributed by atoms with Gasteiger partial charge in [-0.05, 0) is 37.5 Å². The van der Waals surface area contributed by atoms with Crippen LogP contribution in [0.25, 0.3) is 5.65 Å². The number of anilines is 4. The number of aromatic nitrogens is 4. The van der Waals surface area contributed by atoms with Crippen molar-refractivity contribution in [2.45, 2.75) is 45.0 Å². The van der Waals surface area contributed by atoms with E-state index >= 15 is 0 Å². The summed E-state index contributed by atoms with van der Waals surface area (Å²) < 4.78 is 38.4. The SMILES string of the molecule is COc1ccc(CN(c2nc(Nc3cc(OC(F)F)cc(N4CCN([C@H](C)C(=O)O)CC4)c3Cl)nc3c(C#N)cnn23)C2CC2)cc1. The molecule has 2 N–H and O–H groups in total. The summed E-state index contributed by atoms with van der Waals surface area (Å²) in [7, 11) is 1.61. The zero-order valence-electron chi connectivity index (χ0n) is 25.6. The highest BCUT2D eigenvalue weighted by Gasteiger charge is 2.33. The van der Waals surface area contributed by atoms with E-state index in [9.17, 15) is 23.9 Å². The fraction of sp³-hybridized carbons (Fsp3) is 0.387. The predicted molar refractivity (Wildman–Crippen MR) is 170 cm³/mol. The van der Waals surface area contributed by atoms with Crippen LogP contribution in [0.1, 0.15) is 30.9 Å². The molecule has 0 radical (unpaired) electrons. The molecule has 2 fully saturated rings. The second kappa shape index (κ2) is 13.4. The van der Waals surface area contributed by atoms with Crippen molar-refractivity contribution in [2.75, 3.05) is 48.4 Å². The van der Waals surface area contributed by atoms with Crippen molar-refractivity contribution >= 4 is 46.5 Å². The Morgan fingerprint density at radius 2 is 1.89 bits per heavy atom. The zero-order valence-corrected chi connectivity index (χ0v) is 26.4. The molecule has 13 nitrogen and oxygen atoms in total. The monoisotopic (exact) mass is 667 g/mol. The molecule has 0 amide bonds. The molecule has 47 heavy (non-hydrogen) atoms. The van der Waals surface area contributed by atoms with Crippen molar-refractivity contribution in [3.8, 4) is 17.6 Å². The van der Waals surface area contributed by atoms with Crippen LogP contribution in [0.15, 0.2) is 42.6 Å². The number of hydrogen-bond acceptors (Lipinski definition) is 11. The minimum absolute atomic E-state index is 0.0760. The first-order valence-electron chi connectivity index (χ1n) is 15.0. The molecule has 0 spiro atoms. The van der Waals surface area contributed by atoms with Crippen molar-refractivity contribution in [2.24, 2.45) is 0 Å². The number of halogens is 3. The highest BCUT2D eigenvalue weighted by molar-refractivity contribution is 6.36. The van der Waals surface area contributed by atoms with Crippen LogP contribution in [-0.4, -0.2) is 87.5 Å². The molecule has 0 bridgehead atoms. The van der Waals surface area contributed by atoms with Crippen LogP contribution in [-0.2, 0) is 11.3 Å². The number of piperazine rings is 1. The molecule has 246 valence electrons. The summed E-state index contributed by atoms with van der Waals surface area (Å²) in [6.45, 7) is 0.707. The Morgan fingerprint density at radius 1 is 1.17 bits per heavy atom. The molecule has 3 heterocycles. The first-order chi connectivity index (χ1) is 22.6. The van der Waals surface area contributed by atoms with Gasteiger partial charge in [-0.15, -0.1) is 0 Å². The molecule has 2 aromatic heterocycles. The number of aliphatic carboxylic acids is 1. The van der Waals surface area contributed by atoms with Crippen molar-refractivity contribution < 1.29 is 28.2 Å². The largest absolute Gasteiger partial charge is 0.497 e. The molecule has 2 aromatic carbocycles. The molecule has 2 aliphatic rings. The number of carbonyl (C=O) groups is 1. The Labute approximate surface area is 273 Å². The molecule has 1 saturated carbocycles. The number of rotatable bonds is 12. The summed E-state index contributed by atoms with van der Waals surface area (Å²) in [6.07, 6.45) is 3.30. The van der Waals surface area contributed by atoms with Gasteiger partial charge in [0.2, 0.25) is 11.9 Å². The molecule has 4 aromatic rings. The highest BCUT2D eigenvalue weighted by atomic mass is 35.5. The second-order valence-electron chi connectivity index (χ2n) is 11.3. The van der Waals surface area contributed by atoms with Crippen molar-refractivity contribution in [3.63, 3.8) is 0 Å². The number of ether oxygens (including phenoxy) is 2. The van der Waals surface area contributed by atoms with Gasteiger partial charge in [0.15, 0.2) is 5.65 Å². The third-order valence-corrected chi connectivity index (χ3v) is 8.68. The van der Waals surface area contributed by atoms with Gasteiger partial charge in [-0.25, -0.2) is 0 Å². The lowest BCUT2D eigenvalue weighted by Crippen LogP contribution is -2.51. The van der Waals surface area contributed by atoms with E-state index < -0.39 is 18.6 Å². The van der Waals surface area contributed by atoms with Crippen LogP contribution in [0.2, 0.25) is 5.02 Å². The van der Waals surface area contributed by atoms with Crippen LogP contribution in [0.5, 0.6) is 11.5 Å². The van der Waals surface area contributed by atoms with E-state index in [0.717, 1.165) is 24.2 Å². The van der Waals surface area contributed by atoms with Gasteiger partial charge in [-0.2, -0.15) is 33.6 Å². The minimum Gasteiger partial charge on any atom is -0.497 e. The number of benzene rings is 2. The lowest BCUT2D eigenvalue weighted by atomic mass is 10.2. The Balaban J connectivity index is 1.36. The number of methoxy groups -OCH3 is 1. The number of nitriles is 1. The van der Waals surface area contributed by atoms with Gasteiger partial charge in [-0.3, -0.25) is 9.69 Å². The molecule has 16 heteroatoms. The van der Waals surface area contributed by atoms with Crippen LogP contribution in [0.3, 0.4) is 0 Å². The van der Waals surface area contributed by atoms with Gasteiger partial charge in [0.05, 0.1) is 29.7 Å². The van der Waals surface area contributed by atoms with E-state index in [1.807, 2.05) is 34.1 Å². The fourth-order valence-electron chi connectivity index (χ4n) is 5.56. The van der Waals surface area contributed by atoms with Crippen LogP contribution < -0.4 is 24.6 Å². The number of nitrogens with one attached hydrogen (secondary N) is 1. The number of carboxylic acids is 1. The van der Waals surface area contributed by atoms with E-state index in [-0.39, 0.29) is 39.7 Å². The van der Waals surface area contributed by atoms with E-state index in [1.54, 1.807) is 14.0 Å². The highest BCUT2D eigenvalue weighted by Crippen LogP contribution is 2.40. The number of hydrogen-bond donors (Lipinski definition) is 2. The quantitative estimate of drug-likeness (QED) is 0.215. The number of alkyl halides is 2. The number of fused-ring (bicyclic) bond motifs is 1. The van der Waals surface area contributed by atoms with Crippen LogP contribution >= 0.6 is 11.6 Å². The molecular weight excluding hydrogens is 636 g/mol. The van der Waals surface area contributed by atoms with Gasteiger partial charge < -0.3 is 29.7 Å². The van der Waals surface area contributed by atoms with E-state index in [4.69, 9.17) is 26.1 Å². The predicted octanol–water partition coefficient (Wildman–Crippen LogP) is 4.77. The molecular formula is C31H32ClF2N9O4. The smallest absolute Gasteiger partial charge is 0.387 e. The molecule has 1 atom stereocenters. The fourth-order valence-corrected chi connectivity index (χ4v) is 5.84. The lowest BCUT2D eigenvalue weighted by molar-refractivity contribution is -0.142. The first-order valence-corrected chi connectivity index (χ1v) is 15.4. The number of nitrogens with zero attached hydrogens (tertiary/aromatic N) is 8. The normalized spacial score (nSPS) is 15.8. The summed E-state index contributed by atoms with van der Waals surface area (Å²) >= 11 is 6.90. The van der Waals surface area contributed by atoms with Crippen LogP contribution in [0, 0.1) is 11.3 Å². The summed E-state index contributed by atoms with van der Waals surface area (Å²) in [5.74, 6) is 0.197. The Hall–Kier alpha value is -4.94. The van der Waals surface area contributed by atoms with Gasteiger partial charge in [0, 0.05) is 50.9 Å². The lowest BCUT2D eigenvalue weighted by Gasteiger charge is -2.38. The van der Waals surface area contributed by atoms with Crippen LogP contribution in [0.4, 0.5) is 32.1 Å². The molecule has 1 aliphatic heterocycles. The molecule has 1 saturated heterocycles. The second-order valence-corrected chi connectivity index (χ2v) is 11.7. The average Bonchev–Trinajstić information content (AvgIpc) is 3.83. The first kappa shape index (κ1) is 32.0. The van der Waals surface area contributed by atoms with Crippen molar-refractivity contribution in [1.29, 1.82) is 5.26 Å². The maximum atomic E-state index is 13.4. The van der Waals surface area contributed by atoms with Crippen molar-refractivity contribution in [1.82, 2.24) is 24.5 Å². The standard InChI is InChI=1S/C31H32ClF2N9O4/c1-18(28(44)45)40-9-11-41(12-10-40)25-14-23(47-29(33)34)13-24(26(25)32)37-30-38-27-20(15-35)16-36-43(27)31(39-30)42(21-5-6-21)17-19-3-7-22(46-2)8-4-19/h3-4,7-8,13-14,16,18,21,29H,5-6,9-12,17H2,1-2H3,(H,37,38)(H,44,45)/t18-/m1/s1. The minimum atomic E-state index is -3.08. The van der Waals surface area contributed by atoms with Gasteiger partial charge in [0.25, 0.3) is 0 Å². The third-order valence-electron chi connectivity index (χ3n) is 8.29. The maximum absolute atomic E-state index is 13.4. The van der Waals surface area contributed by atoms with E-state index in [2.05, 4.69) is 26.4 Å². The van der Waals surface area contributed by atoms with E-state index in [1.165, 1.54) is 22.8 Å². The summed E-state index contributed by atoms with van der Waals surface area (Å²) in [6, 6.07) is 12.1. The summed E-state index contributed by atoms with van der Waals surface area (Å²) in [5.41, 5.74) is 2.14. The topological polar surface area (TPSA) is 144 Å². The maximum Gasteiger partial charge on any atom is 0.387 e. The number of carboxylic acid groups (broad SMARTS) is 1. The average molecular weight is 668 g/mol. The Kier molecular flexibility index (Phi) is 9.15. The molecule has 1 aliphatic carbocycles.